The van der Waals surface area contributed by atoms with E-state index in [-0.39, 0.29) is 18.5 Å². The Morgan fingerprint density at radius 1 is 1.21 bits per heavy atom. The van der Waals surface area contributed by atoms with Crippen LogP contribution in [0.25, 0.3) is 0 Å². The minimum Gasteiger partial charge on any atom is -0.486 e. The van der Waals surface area contributed by atoms with Crippen molar-refractivity contribution in [1.29, 1.82) is 0 Å². The van der Waals surface area contributed by atoms with Crippen LogP contribution in [0.5, 0.6) is 11.5 Å². The van der Waals surface area contributed by atoms with Gasteiger partial charge in [0.1, 0.15) is 13.2 Å². The molecule has 0 bridgehead atoms. The van der Waals surface area contributed by atoms with E-state index in [1.807, 2.05) is 61.0 Å². The first-order chi connectivity index (χ1) is 14.2. The van der Waals surface area contributed by atoms with E-state index in [4.69, 9.17) is 9.47 Å². The Bertz CT molecular complexity index is 947. The van der Waals surface area contributed by atoms with Gasteiger partial charge in [0, 0.05) is 35.1 Å². The molecule has 1 amide bonds. The van der Waals surface area contributed by atoms with Crippen molar-refractivity contribution >= 4 is 22.9 Å². The van der Waals surface area contributed by atoms with Gasteiger partial charge in [-0.25, -0.2) is 0 Å². The van der Waals surface area contributed by atoms with Crippen LogP contribution in [0.1, 0.15) is 23.4 Å². The van der Waals surface area contributed by atoms with Gasteiger partial charge in [-0.2, -0.15) is 0 Å². The highest BCUT2D eigenvalue weighted by molar-refractivity contribution is 7.09. The fraction of sp³-hybridized carbons (Fsp3) is 0.273. The average Bonchev–Trinajstić information content (AvgIpc) is 3.29. The quantitative estimate of drug-likeness (QED) is 0.643. The van der Waals surface area contributed by atoms with E-state index in [0.717, 1.165) is 16.1 Å². The maximum absolute atomic E-state index is 13.2. The summed E-state index contributed by atoms with van der Waals surface area (Å²) in [7, 11) is 0. The van der Waals surface area contributed by atoms with Crippen molar-refractivity contribution in [3.8, 4) is 11.5 Å². The van der Waals surface area contributed by atoms with Crippen LogP contribution < -0.4 is 19.7 Å². The number of thiophene rings is 1. The van der Waals surface area contributed by atoms with Crippen LogP contribution in [0.2, 0.25) is 0 Å². The molecular formula is C22H23N3O3S. The molecule has 0 saturated heterocycles. The first-order valence-electron chi connectivity index (χ1n) is 9.56. The molecule has 7 heteroatoms. The summed E-state index contributed by atoms with van der Waals surface area (Å²) < 4.78 is 11.3. The number of nitrogens with one attached hydrogen (secondary N) is 1. The molecule has 4 rings (SSSR count). The number of ether oxygens (including phenoxy) is 2. The summed E-state index contributed by atoms with van der Waals surface area (Å²) in [6, 6.07) is 13.6. The molecule has 3 aromatic rings. The molecule has 6 nitrogen and oxygen atoms in total. The van der Waals surface area contributed by atoms with Crippen molar-refractivity contribution in [2.75, 3.05) is 24.7 Å². The molecule has 0 saturated carbocycles. The van der Waals surface area contributed by atoms with Gasteiger partial charge in [-0.05, 0) is 42.1 Å². The lowest BCUT2D eigenvalue weighted by Gasteiger charge is -2.26. The van der Waals surface area contributed by atoms with Crippen molar-refractivity contribution in [1.82, 2.24) is 10.3 Å². The largest absolute Gasteiger partial charge is 0.486 e. The number of aromatic nitrogens is 1. The van der Waals surface area contributed by atoms with Crippen LogP contribution in [0.4, 0.5) is 5.69 Å². The van der Waals surface area contributed by atoms with Crippen LogP contribution in [-0.4, -0.2) is 30.6 Å². The lowest BCUT2D eigenvalue weighted by Crippen LogP contribution is -2.38. The van der Waals surface area contributed by atoms with Gasteiger partial charge in [-0.1, -0.05) is 12.1 Å². The van der Waals surface area contributed by atoms with E-state index < -0.39 is 0 Å². The Kier molecular flexibility index (Phi) is 6.07. The number of amides is 1. The maximum atomic E-state index is 13.2. The van der Waals surface area contributed by atoms with Crippen LogP contribution in [0, 0.1) is 0 Å². The van der Waals surface area contributed by atoms with E-state index in [1.165, 1.54) is 0 Å². The van der Waals surface area contributed by atoms with Crippen LogP contribution >= 0.6 is 11.3 Å². The Labute approximate surface area is 174 Å². The van der Waals surface area contributed by atoms with Gasteiger partial charge in [-0.15, -0.1) is 11.3 Å². The number of benzene rings is 1. The van der Waals surface area contributed by atoms with Gasteiger partial charge >= 0.3 is 0 Å². The highest BCUT2D eigenvalue weighted by Gasteiger charge is 2.21. The molecule has 1 unspecified atom stereocenters. The third-order valence-corrected chi connectivity index (χ3v) is 5.64. The lowest BCUT2D eigenvalue weighted by atomic mass is 10.1. The topological polar surface area (TPSA) is 63.7 Å². The van der Waals surface area contributed by atoms with Gasteiger partial charge < -0.3 is 19.7 Å². The molecule has 2 aromatic heterocycles. The van der Waals surface area contributed by atoms with Gasteiger partial charge in [0.05, 0.1) is 13.1 Å². The second-order valence-electron chi connectivity index (χ2n) is 6.78. The van der Waals surface area contributed by atoms with Gasteiger partial charge in [0.25, 0.3) is 0 Å². The van der Waals surface area contributed by atoms with E-state index >= 15 is 0 Å². The van der Waals surface area contributed by atoms with Gasteiger partial charge in [-0.3, -0.25) is 9.78 Å². The fourth-order valence-corrected chi connectivity index (χ4v) is 3.86. The number of hydrogen-bond donors (Lipinski definition) is 1. The summed E-state index contributed by atoms with van der Waals surface area (Å²) in [6.07, 6.45) is 3.55. The molecule has 29 heavy (non-hydrogen) atoms. The van der Waals surface area contributed by atoms with Crippen molar-refractivity contribution in [2.45, 2.75) is 19.5 Å². The molecule has 1 aromatic carbocycles. The van der Waals surface area contributed by atoms with E-state index in [2.05, 4.69) is 10.3 Å². The van der Waals surface area contributed by atoms with Crippen molar-refractivity contribution in [3.63, 3.8) is 0 Å². The second-order valence-corrected chi connectivity index (χ2v) is 7.81. The molecule has 1 atom stereocenters. The van der Waals surface area contributed by atoms with Crippen molar-refractivity contribution < 1.29 is 14.3 Å². The Hall–Kier alpha value is -2.90. The summed E-state index contributed by atoms with van der Waals surface area (Å²) >= 11 is 1.63. The van der Waals surface area contributed by atoms with E-state index in [0.29, 0.717) is 31.3 Å². The monoisotopic (exact) mass is 409 g/mol. The second kappa shape index (κ2) is 9.07. The fourth-order valence-electron chi connectivity index (χ4n) is 3.17. The first kappa shape index (κ1) is 19.4. The lowest BCUT2D eigenvalue weighted by molar-refractivity contribution is -0.118. The molecule has 1 N–H and O–H groups in total. The highest BCUT2D eigenvalue weighted by atomic mass is 32.1. The van der Waals surface area contributed by atoms with Crippen LogP contribution in [0.3, 0.4) is 0 Å². The average molecular weight is 410 g/mol. The highest BCUT2D eigenvalue weighted by Crippen LogP contribution is 2.34. The molecule has 0 aliphatic carbocycles. The number of carbonyl (C=O) groups is 1. The SMILES string of the molecule is CC(NCC(=O)N(Cc1cccs1)c1ccc2c(c1)OCCO2)c1cccnc1. The van der Waals surface area contributed by atoms with E-state index in [1.54, 1.807) is 22.4 Å². The normalized spacial score (nSPS) is 13.7. The Balaban J connectivity index is 1.51. The standard InChI is InChI=1S/C22H23N3O3S/c1-16(17-4-2-8-23-13-17)24-14-22(26)25(15-19-5-3-11-29-19)18-6-7-20-21(12-18)28-10-9-27-20/h2-8,11-13,16,24H,9-10,14-15H2,1H3. The number of nitrogens with zero attached hydrogens (tertiary/aromatic N) is 2. The molecular weight excluding hydrogens is 386 g/mol. The predicted molar refractivity (Wildman–Crippen MR) is 114 cm³/mol. The van der Waals surface area contributed by atoms with Crippen molar-refractivity contribution in [2.24, 2.45) is 0 Å². The third-order valence-electron chi connectivity index (χ3n) is 4.78. The number of carbonyl (C=O) groups excluding carboxylic acids is 1. The molecule has 0 spiro atoms. The molecule has 3 heterocycles. The number of pyridine rings is 1. The first-order valence-corrected chi connectivity index (χ1v) is 10.4. The van der Waals surface area contributed by atoms with Crippen molar-refractivity contribution in [3.05, 3.63) is 70.7 Å². The molecule has 0 fully saturated rings. The summed E-state index contributed by atoms with van der Waals surface area (Å²) in [5.74, 6) is 1.38. The third kappa shape index (κ3) is 4.75. The predicted octanol–water partition coefficient (Wildman–Crippen LogP) is 3.80. The summed E-state index contributed by atoms with van der Waals surface area (Å²) in [4.78, 5) is 20.2. The number of hydrogen-bond acceptors (Lipinski definition) is 6. The zero-order chi connectivity index (χ0) is 20.1. The summed E-state index contributed by atoms with van der Waals surface area (Å²) in [5.41, 5.74) is 1.84. The van der Waals surface area contributed by atoms with Crippen LogP contribution in [0.15, 0.2) is 60.2 Å². The Morgan fingerprint density at radius 2 is 2.07 bits per heavy atom. The van der Waals surface area contributed by atoms with Crippen LogP contribution in [-0.2, 0) is 11.3 Å². The zero-order valence-corrected chi connectivity index (χ0v) is 17.0. The smallest absolute Gasteiger partial charge is 0.241 e. The minimum absolute atomic E-state index is 0.00850. The van der Waals surface area contributed by atoms with E-state index in [9.17, 15) is 4.79 Å². The number of rotatable bonds is 7. The molecule has 1 aliphatic heterocycles. The van der Waals surface area contributed by atoms with Gasteiger partial charge in [0.15, 0.2) is 11.5 Å². The minimum atomic E-state index is -0.00850. The molecule has 1 aliphatic rings. The zero-order valence-electron chi connectivity index (χ0n) is 16.2. The number of anilines is 1. The summed E-state index contributed by atoms with van der Waals surface area (Å²) in [6.45, 7) is 3.81. The molecule has 0 radical (unpaired) electrons. The number of fused-ring (bicyclic) bond motifs is 1. The molecule has 150 valence electrons. The van der Waals surface area contributed by atoms with Gasteiger partial charge in [0.2, 0.25) is 5.91 Å². The summed E-state index contributed by atoms with van der Waals surface area (Å²) in [5, 5.41) is 5.33. The maximum Gasteiger partial charge on any atom is 0.241 e. The Morgan fingerprint density at radius 3 is 2.83 bits per heavy atom.